The molecule has 23 heteroatoms. The first-order valence-corrected chi connectivity index (χ1v) is 28.6. The van der Waals surface area contributed by atoms with Crippen LogP contribution in [0.5, 0.6) is 5.88 Å². The molecular formula is C54H61N10O11PS. The number of carbonyl (C=O) groups is 5. The summed E-state index contributed by atoms with van der Waals surface area (Å²) in [5, 5.41) is 14.7. The molecule has 21 nitrogen and oxygen atoms in total. The van der Waals surface area contributed by atoms with Crippen molar-refractivity contribution < 1.29 is 52.7 Å². The van der Waals surface area contributed by atoms with Crippen LogP contribution in [0, 0.1) is 0 Å². The molecule has 4 atom stereocenters. The summed E-state index contributed by atoms with van der Waals surface area (Å²) in [6, 6.07) is 12.0. The zero-order valence-electron chi connectivity index (χ0n) is 43.3. The number of likely N-dealkylation sites (tertiary alicyclic amines) is 1. The number of anilines is 5. The number of rotatable bonds is 13. The SMILES string of the molecule is COc1ncc(-c2ccnc(N3CCc4c(sc5c4CCCC5)C3=O)c2C(C)O)cc1Nc1ccc(N2CCN(C3CCN(c4ccc5c(c4)C(=O)N(C4CCC(=O)N(C(C)OP(=O)(O)O)C4=O)C5=O)CC3)C[C@@H]2C)cn1. The first-order valence-electron chi connectivity index (χ1n) is 26.2. The van der Waals surface area contributed by atoms with Gasteiger partial charge in [-0.1, -0.05) is 0 Å². The molecule has 1 aliphatic carbocycles. The molecule has 9 heterocycles. The third kappa shape index (κ3) is 9.89. The Morgan fingerprint density at radius 3 is 2.29 bits per heavy atom. The highest BCUT2D eigenvalue weighted by molar-refractivity contribution is 7.46. The number of phosphoric acid groups is 1. The lowest BCUT2D eigenvalue weighted by atomic mass is 9.91. The number of ether oxygens (including phenoxy) is 1. The molecule has 4 aromatic heterocycles. The molecular weight excluding hydrogens is 1030 g/mol. The summed E-state index contributed by atoms with van der Waals surface area (Å²) in [5.74, 6) is -1.66. The molecule has 11 rings (SSSR count). The number of aliphatic hydroxyl groups is 1. The van der Waals surface area contributed by atoms with Gasteiger partial charge in [0.25, 0.3) is 23.6 Å². The minimum Gasteiger partial charge on any atom is -0.480 e. The number of piperazine rings is 1. The van der Waals surface area contributed by atoms with Crippen LogP contribution in [0.3, 0.4) is 0 Å². The van der Waals surface area contributed by atoms with Crippen LogP contribution >= 0.6 is 19.2 Å². The number of aromatic nitrogens is 3. The number of carbonyl (C=O) groups excluding carboxylic acids is 5. The fourth-order valence-electron chi connectivity index (χ4n) is 12.3. The van der Waals surface area contributed by atoms with Crippen molar-refractivity contribution in [3.63, 3.8) is 0 Å². The Labute approximate surface area is 449 Å². The second kappa shape index (κ2) is 21.0. The Kier molecular flexibility index (Phi) is 14.3. The summed E-state index contributed by atoms with van der Waals surface area (Å²) in [6.45, 7) is 9.51. The molecule has 4 N–H and O–H groups in total. The van der Waals surface area contributed by atoms with Crippen LogP contribution in [-0.4, -0.2) is 145 Å². The largest absolute Gasteiger partial charge is 0.480 e. The van der Waals surface area contributed by atoms with Crippen molar-refractivity contribution in [3.05, 3.63) is 98.6 Å². The summed E-state index contributed by atoms with van der Waals surface area (Å²) in [4.78, 5) is 113. The van der Waals surface area contributed by atoms with Gasteiger partial charge in [0.1, 0.15) is 29.6 Å². The van der Waals surface area contributed by atoms with Crippen LogP contribution in [0.2, 0.25) is 0 Å². The number of imide groups is 2. The average molecular weight is 1090 g/mol. The topological polar surface area (TPSA) is 252 Å². The zero-order chi connectivity index (χ0) is 54.0. The molecule has 1 aromatic carbocycles. The van der Waals surface area contributed by atoms with Crippen molar-refractivity contribution in [2.75, 3.05) is 66.4 Å². The maximum Gasteiger partial charge on any atom is 0.471 e. The molecule has 3 fully saturated rings. The molecule has 0 bridgehead atoms. The molecule has 3 unspecified atom stereocenters. The minimum absolute atomic E-state index is 0.0649. The zero-order valence-corrected chi connectivity index (χ0v) is 45.0. The minimum atomic E-state index is -5.06. The molecule has 0 saturated carbocycles. The van der Waals surface area contributed by atoms with Gasteiger partial charge in [0.15, 0.2) is 0 Å². The molecule has 5 amide bonds. The van der Waals surface area contributed by atoms with Gasteiger partial charge in [-0.2, -0.15) is 0 Å². The van der Waals surface area contributed by atoms with Crippen molar-refractivity contribution in [2.24, 2.45) is 0 Å². The van der Waals surface area contributed by atoms with Crippen LogP contribution in [0.15, 0.2) is 61.1 Å². The summed E-state index contributed by atoms with van der Waals surface area (Å²) < 4.78 is 21.8. The molecule has 77 heavy (non-hydrogen) atoms. The Balaban J connectivity index is 0.709. The smallest absolute Gasteiger partial charge is 0.471 e. The van der Waals surface area contributed by atoms with Gasteiger partial charge in [0.2, 0.25) is 11.8 Å². The van der Waals surface area contributed by atoms with E-state index in [1.165, 1.54) is 16.0 Å². The van der Waals surface area contributed by atoms with Gasteiger partial charge in [-0.25, -0.2) is 19.5 Å². The van der Waals surface area contributed by atoms with E-state index in [9.17, 15) is 43.4 Å². The summed E-state index contributed by atoms with van der Waals surface area (Å²) in [7, 11) is -3.50. The number of phosphoric ester groups is 1. The number of benzene rings is 1. The number of thiophene rings is 1. The highest BCUT2D eigenvalue weighted by Crippen LogP contribution is 2.43. The van der Waals surface area contributed by atoms with Crippen molar-refractivity contribution in [1.29, 1.82) is 0 Å². The third-order valence-corrected chi connectivity index (χ3v) is 17.8. The number of amides is 5. The van der Waals surface area contributed by atoms with E-state index in [0.29, 0.717) is 57.4 Å². The lowest BCUT2D eigenvalue weighted by Crippen LogP contribution is -2.58. The van der Waals surface area contributed by atoms with Crippen molar-refractivity contribution in [2.45, 2.75) is 109 Å². The van der Waals surface area contributed by atoms with Gasteiger partial charge < -0.3 is 34.7 Å². The van der Waals surface area contributed by atoms with E-state index in [-0.39, 0.29) is 35.9 Å². The fourth-order valence-corrected chi connectivity index (χ4v) is 14.1. The number of hydrogen-bond donors (Lipinski definition) is 4. The predicted molar refractivity (Wildman–Crippen MR) is 287 cm³/mol. The standard InChI is InChI=1S/C54H61N10O11PS/c1-30-29-60(34-16-20-59(21-17-34)35-9-11-40-41(26-35)52(68)64(51(40)67)43-12-14-46(66)63(53(43)69)32(3)75-76(71,72)73)23-24-61(30)36-10-13-45(56-28-36)58-42-25-33(27-57-50(42)74-4)37-15-19-55-49(47(37)31(2)65)62-22-18-39-38-7-5-6-8-44(38)77-48(39)54(62)70/h9-11,13,15,19,25-28,30-32,34,43,65H,5-8,12,14,16-18,20-24,29H2,1-4H3,(H,56,58)(H2,71,72,73)/t30-,31?,32?,43?/m0/s1. The van der Waals surface area contributed by atoms with E-state index >= 15 is 0 Å². The van der Waals surface area contributed by atoms with Crippen molar-refractivity contribution in [1.82, 2.24) is 29.7 Å². The van der Waals surface area contributed by atoms with Gasteiger partial charge in [-0.15, -0.1) is 11.3 Å². The van der Waals surface area contributed by atoms with Gasteiger partial charge >= 0.3 is 7.82 Å². The first-order chi connectivity index (χ1) is 37.0. The maximum absolute atomic E-state index is 14.1. The van der Waals surface area contributed by atoms with E-state index in [0.717, 1.165) is 106 Å². The monoisotopic (exact) mass is 1090 g/mol. The number of fused-ring (bicyclic) bond motifs is 4. The van der Waals surface area contributed by atoms with E-state index in [1.807, 2.05) is 24.4 Å². The van der Waals surface area contributed by atoms with Crippen molar-refractivity contribution >= 4 is 77.4 Å². The van der Waals surface area contributed by atoms with Gasteiger partial charge in [-0.3, -0.25) is 48.1 Å². The number of nitrogens with zero attached hydrogens (tertiary/aromatic N) is 9. The number of nitrogens with one attached hydrogen (secondary N) is 1. The third-order valence-electron chi connectivity index (χ3n) is 15.9. The predicted octanol–water partition coefficient (Wildman–Crippen LogP) is 6.24. The normalized spacial score (nSPS) is 21.3. The molecule has 5 aromatic rings. The Morgan fingerprint density at radius 1 is 0.792 bits per heavy atom. The molecule has 404 valence electrons. The second-order valence-electron chi connectivity index (χ2n) is 20.6. The highest BCUT2D eigenvalue weighted by Gasteiger charge is 2.49. The number of aryl methyl sites for hydroxylation is 1. The van der Waals surface area contributed by atoms with Crippen LogP contribution in [-0.2, 0) is 37.9 Å². The highest BCUT2D eigenvalue weighted by atomic mass is 32.1. The fraction of sp³-hybridized carbons (Fsp3) is 0.444. The summed E-state index contributed by atoms with van der Waals surface area (Å²) in [6.07, 6.45) is 9.24. The number of piperidine rings is 2. The van der Waals surface area contributed by atoms with E-state index in [1.54, 1.807) is 60.9 Å². The lowest BCUT2D eigenvalue weighted by Gasteiger charge is -2.46. The van der Waals surface area contributed by atoms with Crippen molar-refractivity contribution in [3.8, 4) is 17.0 Å². The van der Waals surface area contributed by atoms with E-state index in [4.69, 9.17) is 14.7 Å². The molecule has 0 radical (unpaired) electrons. The van der Waals surface area contributed by atoms with Crippen LogP contribution in [0.1, 0.15) is 117 Å². The maximum atomic E-state index is 14.1. The Bertz CT molecular complexity index is 3230. The summed E-state index contributed by atoms with van der Waals surface area (Å²) >= 11 is 1.62. The van der Waals surface area contributed by atoms with Gasteiger partial charge in [0, 0.05) is 91.9 Å². The Hall–Kier alpha value is -6.65. The molecule has 5 aliphatic heterocycles. The first kappa shape index (κ1) is 52.4. The Morgan fingerprint density at radius 2 is 1.56 bits per heavy atom. The van der Waals surface area contributed by atoms with Gasteiger partial charge in [-0.05, 0) is 131 Å². The quantitative estimate of drug-likeness (QED) is 0.0753. The lowest BCUT2D eigenvalue weighted by molar-refractivity contribution is -0.161. The molecule has 3 saturated heterocycles. The summed E-state index contributed by atoms with van der Waals surface area (Å²) in [5.41, 5.74) is 7.18. The number of methoxy groups -OCH3 is 1. The van der Waals surface area contributed by atoms with Crippen LogP contribution in [0.25, 0.3) is 11.1 Å². The van der Waals surface area contributed by atoms with Crippen LogP contribution < -0.4 is 24.8 Å². The van der Waals surface area contributed by atoms with E-state index in [2.05, 4.69) is 42.5 Å². The number of hydrogen-bond acceptors (Lipinski definition) is 17. The average Bonchev–Trinajstić information content (AvgIpc) is 3.93. The van der Waals surface area contributed by atoms with E-state index < -0.39 is 49.8 Å². The van der Waals surface area contributed by atoms with Crippen LogP contribution in [0.4, 0.5) is 28.7 Å². The second-order valence-corrected chi connectivity index (χ2v) is 22.9. The molecule has 6 aliphatic rings. The molecule has 0 spiro atoms. The van der Waals surface area contributed by atoms with Gasteiger partial charge in [0.05, 0.1) is 41.1 Å². The number of pyridine rings is 3. The number of aliphatic hydroxyl groups excluding tert-OH is 1.